The average molecular weight is 637 g/mol. The van der Waals surface area contributed by atoms with E-state index in [0.29, 0.717) is 6.54 Å². The minimum Gasteiger partial charge on any atom is -0.352 e. The van der Waals surface area contributed by atoms with E-state index < -0.39 is 0 Å². The summed E-state index contributed by atoms with van der Waals surface area (Å²) in [5.41, 5.74) is 1.90. The highest BCUT2D eigenvalue weighted by Gasteiger charge is 2.13. The Kier molecular flexibility index (Phi) is 7.01. The van der Waals surface area contributed by atoms with Crippen molar-refractivity contribution in [3.05, 3.63) is 63.3 Å². The summed E-state index contributed by atoms with van der Waals surface area (Å²) in [4.78, 5) is 12.3. The van der Waals surface area contributed by atoms with Gasteiger partial charge in [-0.05, 0) is 104 Å². The molecular formula is C15H11ClI3NO. The zero-order valence-electron chi connectivity index (χ0n) is 10.8. The summed E-state index contributed by atoms with van der Waals surface area (Å²) in [6.07, 6.45) is 0.792. The summed E-state index contributed by atoms with van der Waals surface area (Å²) in [5, 5.41) is 3.70. The second-order valence-corrected chi connectivity index (χ2v) is 8.30. The zero-order chi connectivity index (χ0) is 15.4. The normalized spacial score (nSPS) is 10.5. The van der Waals surface area contributed by atoms with Gasteiger partial charge >= 0.3 is 0 Å². The van der Waals surface area contributed by atoms with Gasteiger partial charge in [0.1, 0.15) is 0 Å². The van der Waals surface area contributed by atoms with Crippen LogP contribution in [0.3, 0.4) is 0 Å². The molecule has 1 amide bonds. The molecule has 6 heteroatoms. The summed E-state index contributed by atoms with van der Waals surface area (Å²) in [6.45, 7) is 0.610. The molecule has 0 atom stereocenters. The lowest BCUT2D eigenvalue weighted by Gasteiger charge is -2.09. The first-order chi connectivity index (χ1) is 9.97. The standard InChI is InChI=1S/C15H11ClI3NO/c16-10-3-1-9(2-4-10)5-6-20-15(21)12-7-11(17)8-13(18)14(12)19/h1-4,7-8H,5-6H2,(H,20,21). The van der Waals surface area contributed by atoms with Crippen molar-refractivity contribution in [1.82, 2.24) is 5.32 Å². The third kappa shape index (κ3) is 5.21. The van der Waals surface area contributed by atoms with E-state index >= 15 is 0 Å². The Bertz CT molecular complexity index is 659. The highest BCUT2D eigenvalue weighted by Crippen LogP contribution is 2.22. The van der Waals surface area contributed by atoms with Crippen LogP contribution in [0, 0.1) is 10.7 Å². The fraction of sp³-hybridized carbons (Fsp3) is 0.133. The highest BCUT2D eigenvalue weighted by molar-refractivity contribution is 14.1. The molecule has 0 bridgehead atoms. The molecule has 0 radical (unpaired) electrons. The van der Waals surface area contributed by atoms with Crippen LogP contribution < -0.4 is 5.32 Å². The number of amides is 1. The number of hydrogen-bond donors (Lipinski definition) is 1. The van der Waals surface area contributed by atoms with Crippen LogP contribution in [0.25, 0.3) is 0 Å². The average Bonchev–Trinajstić information content (AvgIpc) is 2.44. The molecule has 0 heterocycles. The van der Waals surface area contributed by atoms with Crippen LogP contribution in [0.4, 0.5) is 0 Å². The van der Waals surface area contributed by atoms with Gasteiger partial charge in [-0.1, -0.05) is 23.7 Å². The van der Waals surface area contributed by atoms with Gasteiger partial charge in [0.05, 0.1) is 5.56 Å². The summed E-state index contributed by atoms with van der Waals surface area (Å²) >= 11 is 12.6. The number of hydrogen-bond acceptors (Lipinski definition) is 1. The molecule has 110 valence electrons. The molecule has 0 aliphatic carbocycles. The van der Waals surface area contributed by atoms with E-state index in [2.05, 4.69) is 79.2 Å². The number of benzene rings is 2. The Morgan fingerprint density at radius 1 is 1.10 bits per heavy atom. The van der Waals surface area contributed by atoms with Crippen LogP contribution >= 0.6 is 79.4 Å². The van der Waals surface area contributed by atoms with Gasteiger partial charge in [0.2, 0.25) is 0 Å². The van der Waals surface area contributed by atoms with E-state index in [9.17, 15) is 4.79 Å². The quantitative estimate of drug-likeness (QED) is 0.366. The monoisotopic (exact) mass is 637 g/mol. The maximum atomic E-state index is 12.3. The maximum Gasteiger partial charge on any atom is 0.252 e. The van der Waals surface area contributed by atoms with Gasteiger partial charge in [-0.25, -0.2) is 0 Å². The first kappa shape index (κ1) is 17.7. The fourth-order valence-corrected chi connectivity index (χ4v) is 4.31. The SMILES string of the molecule is O=C(NCCc1ccc(Cl)cc1)c1cc(I)cc(I)c1I. The molecule has 2 nitrogen and oxygen atoms in total. The number of rotatable bonds is 4. The van der Waals surface area contributed by atoms with Crippen molar-refractivity contribution in [3.63, 3.8) is 0 Å². The largest absolute Gasteiger partial charge is 0.352 e. The number of halogens is 4. The molecule has 0 spiro atoms. The maximum absolute atomic E-state index is 12.3. The predicted molar refractivity (Wildman–Crippen MR) is 112 cm³/mol. The van der Waals surface area contributed by atoms with Crippen LogP contribution in [0.2, 0.25) is 5.02 Å². The van der Waals surface area contributed by atoms with E-state index in [-0.39, 0.29) is 5.91 Å². The van der Waals surface area contributed by atoms with E-state index in [1.807, 2.05) is 30.3 Å². The van der Waals surface area contributed by atoms with Crippen LogP contribution in [0.15, 0.2) is 36.4 Å². The lowest BCUT2D eigenvalue weighted by Crippen LogP contribution is -2.26. The van der Waals surface area contributed by atoms with E-state index in [0.717, 1.165) is 33.3 Å². The molecule has 0 aliphatic heterocycles. The molecule has 2 rings (SSSR count). The molecule has 0 aromatic heterocycles. The topological polar surface area (TPSA) is 29.1 Å². The molecule has 0 aliphatic rings. The smallest absolute Gasteiger partial charge is 0.252 e. The van der Waals surface area contributed by atoms with Crippen molar-refractivity contribution >= 4 is 85.3 Å². The van der Waals surface area contributed by atoms with Crippen LogP contribution in [-0.2, 0) is 6.42 Å². The first-order valence-electron chi connectivity index (χ1n) is 6.14. The summed E-state index contributed by atoms with van der Waals surface area (Å²) in [6, 6.07) is 11.7. The van der Waals surface area contributed by atoms with E-state index in [1.54, 1.807) is 0 Å². The van der Waals surface area contributed by atoms with Gasteiger partial charge in [-0.2, -0.15) is 0 Å². The number of nitrogens with one attached hydrogen (secondary N) is 1. The molecule has 0 saturated carbocycles. The second-order valence-electron chi connectivity index (χ2n) is 4.38. The Balaban J connectivity index is 1.97. The van der Waals surface area contributed by atoms with Crippen molar-refractivity contribution < 1.29 is 4.79 Å². The zero-order valence-corrected chi connectivity index (χ0v) is 18.0. The number of carbonyl (C=O) groups is 1. The van der Waals surface area contributed by atoms with Gasteiger partial charge in [-0.15, -0.1) is 0 Å². The summed E-state index contributed by atoms with van der Waals surface area (Å²) in [5.74, 6) is -0.0233. The lowest BCUT2D eigenvalue weighted by atomic mass is 10.1. The molecular weight excluding hydrogens is 626 g/mol. The Labute approximate surface area is 169 Å². The first-order valence-corrected chi connectivity index (χ1v) is 9.76. The van der Waals surface area contributed by atoms with Crippen LogP contribution in [-0.4, -0.2) is 12.5 Å². The number of carbonyl (C=O) groups excluding carboxylic acids is 1. The van der Waals surface area contributed by atoms with Gasteiger partial charge in [0.15, 0.2) is 0 Å². The second kappa shape index (κ2) is 8.30. The minimum atomic E-state index is -0.0233. The minimum absolute atomic E-state index is 0.0233. The molecule has 0 saturated heterocycles. The van der Waals surface area contributed by atoms with Gasteiger partial charge in [0, 0.05) is 22.3 Å². The Morgan fingerprint density at radius 2 is 1.76 bits per heavy atom. The highest BCUT2D eigenvalue weighted by atomic mass is 127. The lowest BCUT2D eigenvalue weighted by molar-refractivity contribution is 0.0953. The third-order valence-corrected chi connectivity index (χ3v) is 6.77. The van der Waals surface area contributed by atoms with Crippen molar-refractivity contribution in [2.45, 2.75) is 6.42 Å². The van der Waals surface area contributed by atoms with Crippen molar-refractivity contribution in [2.24, 2.45) is 0 Å². The van der Waals surface area contributed by atoms with Crippen LogP contribution in [0.5, 0.6) is 0 Å². The molecule has 1 N–H and O–H groups in total. The van der Waals surface area contributed by atoms with Gasteiger partial charge in [-0.3, -0.25) is 4.79 Å². The predicted octanol–water partition coefficient (Wildman–Crippen LogP) is 5.13. The van der Waals surface area contributed by atoms with Crippen molar-refractivity contribution in [3.8, 4) is 0 Å². The van der Waals surface area contributed by atoms with Crippen LogP contribution in [0.1, 0.15) is 15.9 Å². The Hall–Kier alpha value is 0.390. The van der Waals surface area contributed by atoms with Gasteiger partial charge in [0.25, 0.3) is 5.91 Å². The molecule has 0 unspecified atom stereocenters. The summed E-state index contributed by atoms with van der Waals surface area (Å²) < 4.78 is 3.17. The Morgan fingerprint density at radius 3 is 2.43 bits per heavy atom. The van der Waals surface area contributed by atoms with Crippen molar-refractivity contribution in [2.75, 3.05) is 6.54 Å². The molecule has 0 fully saturated rings. The summed E-state index contributed by atoms with van der Waals surface area (Å²) in [7, 11) is 0. The van der Waals surface area contributed by atoms with E-state index in [1.165, 1.54) is 0 Å². The third-order valence-electron chi connectivity index (χ3n) is 2.85. The fourth-order valence-electron chi connectivity index (χ4n) is 1.79. The van der Waals surface area contributed by atoms with E-state index in [4.69, 9.17) is 11.6 Å². The van der Waals surface area contributed by atoms with Crippen molar-refractivity contribution in [1.29, 1.82) is 0 Å². The molecule has 2 aromatic rings. The molecule has 21 heavy (non-hydrogen) atoms. The van der Waals surface area contributed by atoms with Gasteiger partial charge < -0.3 is 5.32 Å². The molecule has 2 aromatic carbocycles.